The number of para-hydroxylation sites is 1. The van der Waals surface area contributed by atoms with Gasteiger partial charge in [0.05, 0.1) is 28.1 Å². The van der Waals surface area contributed by atoms with Crippen molar-refractivity contribution in [3.63, 3.8) is 0 Å². The Balaban J connectivity index is 2.27. The number of hydrogen-bond donors (Lipinski definition) is 1. The number of anilines is 1. The van der Waals surface area contributed by atoms with Crippen molar-refractivity contribution in [1.29, 1.82) is 0 Å². The van der Waals surface area contributed by atoms with Gasteiger partial charge in [-0.2, -0.15) is 0 Å². The van der Waals surface area contributed by atoms with Gasteiger partial charge in [0.25, 0.3) is 0 Å². The molecule has 2 rings (SSSR count). The van der Waals surface area contributed by atoms with E-state index < -0.39 is 0 Å². The van der Waals surface area contributed by atoms with Crippen LogP contribution in [0.3, 0.4) is 0 Å². The third-order valence-electron chi connectivity index (χ3n) is 2.65. The van der Waals surface area contributed by atoms with Crippen molar-refractivity contribution in [2.45, 2.75) is 19.9 Å². The van der Waals surface area contributed by atoms with Gasteiger partial charge < -0.3 is 5.32 Å². The molecule has 3 nitrogen and oxygen atoms in total. The van der Waals surface area contributed by atoms with Crippen LogP contribution in [0.5, 0.6) is 0 Å². The van der Waals surface area contributed by atoms with Crippen LogP contribution in [-0.4, -0.2) is 9.97 Å². The summed E-state index contributed by atoms with van der Waals surface area (Å²) in [5.41, 5.74) is 1.87. The zero-order valence-corrected chi connectivity index (χ0v) is 10.9. The van der Waals surface area contributed by atoms with Crippen molar-refractivity contribution in [1.82, 2.24) is 9.97 Å². The van der Waals surface area contributed by atoms with Gasteiger partial charge in [-0.05, 0) is 26.0 Å². The third kappa shape index (κ3) is 2.59. The van der Waals surface area contributed by atoms with Gasteiger partial charge in [-0.15, -0.1) is 0 Å². The molecule has 0 aliphatic rings. The quantitative estimate of drug-likeness (QED) is 0.918. The Hall–Kier alpha value is -1.68. The minimum absolute atomic E-state index is 0.173. The van der Waals surface area contributed by atoms with Crippen LogP contribution in [-0.2, 0) is 0 Å². The van der Waals surface area contributed by atoms with Gasteiger partial charge in [0.1, 0.15) is 5.82 Å². The SMILES string of the molecule is Cc1nccnc1C(C)Nc1c(F)cccc1Cl. The molecular formula is C13H13ClFN3. The minimum Gasteiger partial charge on any atom is -0.373 e. The normalized spacial score (nSPS) is 12.2. The zero-order valence-electron chi connectivity index (χ0n) is 10.1. The van der Waals surface area contributed by atoms with Crippen molar-refractivity contribution in [3.05, 3.63) is 52.8 Å². The molecule has 1 unspecified atom stereocenters. The van der Waals surface area contributed by atoms with E-state index in [1.807, 2.05) is 13.8 Å². The predicted molar refractivity (Wildman–Crippen MR) is 70.2 cm³/mol. The summed E-state index contributed by atoms with van der Waals surface area (Å²) in [6.45, 7) is 3.75. The molecule has 5 heteroatoms. The van der Waals surface area contributed by atoms with Crippen LogP contribution >= 0.6 is 11.6 Å². The van der Waals surface area contributed by atoms with Crippen molar-refractivity contribution in [2.24, 2.45) is 0 Å². The number of aryl methyl sites for hydroxylation is 1. The summed E-state index contributed by atoms with van der Waals surface area (Å²) in [4.78, 5) is 8.40. The molecule has 0 saturated carbocycles. The van der Waals surface area contributed by atoms with Gasteiger partial charge >= 0.3 is 0 Å². The maximum Gasteiger partial charge on any atom is 0.147 e. The Labute approximate surface area is 110 Å². The van der Waals surface area contributed by atoms with E-state index in [0.717, 1.165) is 11.4 Å². The summed E-state index contributed by atoms with van der Waals surface area (Å²) < 4.78 is 13.6. The number of benzene rings is 1. The topological polar surface area (TPSA) is 37.8 Å². The van der Waals surface area contributed by atoms with Gasteiger partial charge in [-0.1, -0.05) is 17.7 Å². The van der Waals surface area contributed by atoms with Crippen LogP contribution in [0.1, 0.15) is 24.4 Å². The lowest BCUT2D eigenvalue weighted by Crippen LogP contribution is -2.12. The van der Waals surface area contributed by atoms with Crippen LogP contribution < -0.4 is 5.32 Å². The molecule has 1 aromatic carbocycles. The first-order chi connectivity index (χ1) is 8.59. The fourth-order valence-corrected chi connectivity index (χ4v) is 1.98. The van der Waals surface area contributed by atoms with Crippen LogP contribution in [0.2, 0.25) is 5.02 Å². The lowest BCUT2D eigenvalue weighted by atomic mass is 10.1. The van der Waals surface area contributed by atoms with E-state index in [2.05, 4.69) is 15.3 Å². The number of nitrogens with one attached hydrogen (secondary N) is 1. The largest absolute Gasteiger partial charge is 0.373 e. The number of hydrogen-bond acceptors (Lipinski definition) is 3. The highest BCUT2D eigenvalue weighted by molar-refractivity contribution is 6.33. The second-order valence-electron chi connectivity index (χ2n) is 3.99. The first kappa shape index (κ1) is 12.8. The molecule has 94 valence electrons. The highest BCUT2D eigenvalue weighted by Gasteiger charge is 2.14. The van der Waals surface area contributed by atoms with Gasteiger partial charge in [0.2, 0.25) is 0 Å². The molecule has 0 aliphatic carbocycles. The van der Waals surface area contributed by atoms with Crippen molar-refractivity contribution >= 4 is 17.3 Å². The summed E-state index contributed by atoms with van der Waals surface area (Å²) in [6.07, 6.45) is 3.24. The van der Waals surface area contributed by atoms with E-state index in [9.17, 15) is 4.39 Å². The number of nitrogens with zero attached hydrogens (tertiary/aromatic N) is 2. The average molecular weight is 266 g/mol. The first-order valence-electron chi connectivity index (χ1n) is 5.57. The first-order valence-corrected chi connectivity index (χ1v) is 5.95. The summed E-state index contributed by atoms with van der Waals surface area (Å²) in [5.74, 6) is -0.379. The highest BCUT2D eigenvalue weighted by atomic mass is 35.5. The molecule has 18 heavy (non-hydrogen) atoms. The van der Waals surface area contributed by atoms with Gasteiger partial charge in [0, 0.05) is 12.4 Å². The molecular weight excluding hydrogens is 253 g/mol. The summed E-state index contributed by atoms with van der Waals surface area (Å²) >= 11 is 5.96. The van der Waals surface area contributed by atoms with Gasteiger partial charge in [0.15, 0.2) is 0 Å². The fraction of sp³-hybridized carbons (Fsp3) is 0.231. The molecule has 0 spiro atoms. The second-order valence-corrected chi connectivity index (χ2v) is 4.40. The Bertz CT molecular complexity index is 539. The van der Waals surface area contributed by atoms with Gasteiger partial charge in [-0.25, -0.2) is 4.39 Å². The van der Waals surface area contributed by atoms with Crippen LogP contribution in [0.4, 0.5) is 10.1 Å². The van der Waals surface area contributed by atoms with Crippen LogP contribution in [0.25, 0.3) is 0 Å². The number of halogens is 2. The summed E-state index contributed by atoms with van der Waals surface area (Å²) in [6, 6.07) is 4.41. The Morgan fingerprint density at radius 1 is 1.28 bits per heavy atom. The van der Waals surface area contributed by atoms with E-state index in [1.54, 1.807) is 24.5 Å². The molecule has 1 N–H and O–H groups in total. The maximum atomic E-state index is 13.6. The van der Waals surface area contributed by atoms with Gasteiger partial charge in [-0.3, -0.25) is 9.97 Å². The summed E-state index contributed by atoms with van der Waals surface area (Å²) in [7, 11) is 0. The van der Waals surface area contributed by atoms with E-state index in [1.165, 1.54) is 6.07 Å². The number of aromatic nitrogens is 2. The molecule has 1 heterocycles. The minimum atomic E-state index is -0.379. The molecule has 1 atom stereocenters. The molecule has 0 fully saturated rings. The fourth-order valence-electron chi connectivity index (χ4n) is 1.76. The molecule has 0 saturated heterocycles. The van der Waals surface area contributed by atoms with Crippen molar-refractivity contribution < 1.29 is 4.39 Å². The van der Waals surface area contributed by atoms with E-state index in [4.69, 9.17) is 11.6 Å². The molecule has 2 aromatic rings. The Morgan fingerprint density at radius 3 is 2.67 bits per heavy atom. The molecule has 0 amide bonds. The second kappa shape index (κ2) is 5.31. The Morgan fingerprint density at radius 2 is 2.00 bits per heavy atom. The molecule has 1 aromatic heterocycles. The van der Waals surface area contributed by atoms with E-state index >= 15 is 0 Å². The van der Waals surface area contributed by atoms with E-state index in [0.29, 0.717) is 5.02 Å². The zero-order chi connectivity index (χ0) is 13.1. The monoisotopic (exact) mass is 265 g/mol. The highest BCUT2D eigenvalue weighted by Crippen LogP contribution is 2.28. The van der Waals surface area contributed by atoms with Crippen molar-refractivity contribution in [3.8, 4) is 0 Å². The standard InChI is InChI=1S/C13H13ClFN3/c1-8-12(17-7-6-16-8)9(2)18-13-10(14)4-3-5-11(13)15/h3-7,9,18H,1-2H3. The van der Waals surface area contributed by atoms with Crippen LogP contribution in [0, 0.1) is 12.7 Å². The predicted octanol–water partition coefficient (Wildman–Crippen LogP) is 3.75. The Kier molecular flexibility index (Phi) is 3.77. The summed E-state index contributed by atoms with van der Waals surface area (Å²) in [5, 5.41) is 3.38. The average Bonchev–Trinajstić information content (AvgIpc) is 2.34. The van der Waals surface area contributed by atoms with Crippen LogP contribution in [0.15, 0.2) is 30.6 Å². The number of rotatable bonds is 3. The molecule has 0 radical (unpaired) electrons. The molecule has 0 aliphatic heterocycles. The van der Waals surface area contributed by atoms with Crippen molar-refractivity contribution in [2.75, 3.05) is 5.32 Å². The maximum absolute atomic E-state index is 13.6. The van der Waals surface area contributed by atoms with E-state index in [-0.39, 0.29) is 17.5 Å². The molecule has 0 bridgehead atoms. The third-order valence-corrected chi connectivity index (χ3v) is 2.97. The lowest BCUT2D eigenvalue weighted by molar-refractivity contribution is 0.626. The lowest BCUT2D eigenvalue weighted by Gasteiger charge is -2.17. The smallest absolute Gasteiger partial charge is 0.147 e.